The summed E-state index contributed by atoms with van der Waals surface area (Å²) in [5.41, 5.74) is 1.97. The molecule has 1 aromatic carbocycles. The Labute approximate surface area is 139 Å². The summed E-state index contributed by atoms with van der Waals surface area (Å²) < 4.78 is 0.909. The first kappa shape index (κ1) is 15.3. The number of piperazine rings is 1. The third-order valence-electron chi connectivity index (χ3n) is 4.10. The van der Waals surface area contributed by atoms with Crippen molar-refractivity contribution in [3.8, 4) is 0 Å². The average Bonchev–Trinajstić information content (AvgIpc) is 2.94. The van der Waals surface area contributed by atoms with Crippen molar-refractivity contribution in [2.24, 2.45) is 0 Å². The molecule has 0 bridgehead atoms. The molecule has 0 radical (unpaired) electrons. The monoisotopic (exact) mass is 361 g/mol. The quantitative estimate of drug-likeness (QED) is 0.911. The van der Waals surface area contributed by atoms with Crippen LogP contribution in [0.2, 0.25) is 0 Å². The molecule has 1 amide bonds. The topological polar surface area (TPSA) is 39.3 Å². The Morgan fingerprint density at radius 2 is 2.09 bits per heavy atom. The van der Waals surface area contributed by atoms with Gasteiger partial charge in [-0.25, -0.2) is 0 Å². The van der Waals surface area contributed by atoms with Crippen LogP contribution in [0.3, 0.4) is 0 Å². The number of nitrogens with one attached hydrogen (secondary N) is 1. The van der Waals surface area contributed by atoms with E-state index in [1.54, 1.807) is 6.20 Å². The summed E-state index contributed by atoms with van der Waals surface area (Å²) in [5.74, 6) is 0.0811. The minimum atomic E-state index is 0.0811. The molecule has 1 N–H and O–H groups in total. The lowest BCUT2D eigenvalue weighted by Gasteiger charge is -2.39. The summed E-state index contributed by atoms with van der Waals surface area (Å²) >= 11 is 3.38. The zero-order chi connectivity index (χ0) is 15.5. The molecule has 0 aliphatic carbocycles. The minimum absolute atomic E-state index is 0.0811. The van der Waals surface area contributed by atoms with Crippen molar-refractivity contribution in [3.05, 3.63) is 58.3 Å². The van der Waals surface area contributed by atoms with Gasteiger partial charge in [0.25, 0.3) is 5.91 Å². The Morgan fingerprint density at radius 1 is 1.32 bits per heavy atom. The normalized spacial score (nSPS) is 19.4. The number of aromatic amines is 1. The molecule has 0 saturated carbocycles. The van der Waals surface area contributed by atoms with Crippen LogP contribution >= 0.6 is 15.9 Å². The molecule has 3 rings (SSSR count). The molecule has 2 aromatic rings. The van der Waals surface area contributed by atoms with Crippen LogP contribution in [0.15, 0.2) is 47.1 Å². The first-order chi connectivity index (χ1) is 10.6. The van der Waals surface area contributed by atoms with Crippen LogP contribution in [0, 0.1) is 0 Å². The first-order valence-corrected chi connectivity index (χ1v) is 8.34. The molecular formula is C17H20BrN3O. The second kappa shape index (κ2) is 6.67. The van der Waals surface area contributed by atoms with E-state index in [0.717, 1.165) is 30.7 Å². The van der Waals surface area contributed by atoms with E-state index in [1.807, 2.05) is 17.0 Å². The predicted molar refractivity (Wildman–Crippen MR) is 90.7 cm³/mol. The van der Waals surface area contributed by atoms with Gasteiger partial charge in [0.15, 0.2) is 0 Å². The number of nitrogens with zero attached hydrogens (tertiary/aromatic N) is 2. The summed E-state index contributed by atoms with van der Waals surface area (Å²) in [4.78, 5) is 19.9. The highest BCUT2D eigenvalue weighted by Gasteiger charge is 2.28. The largest absolute Gasteiger partial charge is 0.356 e. The molecule has 1 aliphatic rings. The molecule has 1 aliphatic heterocycles. The fraction of sp³-hybridized carbons (Fsp3) is 0.353. The smallest absolute Gasteiger partial charge is 0.270 e. The lowest BCUT2D eigenvalue weighted by molar-refractivity contribution is 0.0470. The van der Waals surface area contributed by atoms with Crippen molar-refractivity contribution >= 4 is 21.8 Å². The summed E-state index contributed by atoms with van der Waals surface area (Å²) in [6.07, 6.45) is 1.80. The highest BCUT2D eigenvalue weighted by Crippen LogP contribution is 2.18. The van der Waals surface area contributed by atoms with Crippen molar-refractivity contribution in [1.29, 1.82) is 0 Å². The van der Waals surface area contributed by atoms with Crippen LogP contribution in [-0.2, 0) is 6.54 Å². The van der Waals surface area contributed by atoms with E-state index in [-0.39, 0.29) is 11.9 Å². The van der Waals surface area contributed by atoms with Crippen molar-refractivity contribution in [1.82, 2.24) is 14.8 Å². The van der Waals surface area contributed by atoms with Gasteiger partial charge in [-0.2, -0.15) is 0 Å². The van der Waals surface area contributed by atoms with Crippen LogP contribution in [0.25, 0.3) is 0 Å². The molecule has 1 atom stereocenters. The van der Waals surface area contributed by atoms with Gasteiger partial charge in [-0.3, -0.25) is 9.69 Å². The number of rotatable bonds is 3. The van der Waals surface area contributed by atoms with Crippen LogP contribution in [0.5, 0.6) is 0 Å². The fourth-order valence-corrected chi connectivity index (χ4v) is 3.31. The van der Waals surface area contributed by atoms with E-state index in [2.05, 4.69) is 57.0 Å². The zero-order valence-electron chi connectivity index (χ0n) is 12.6. The molecule has 116 valence electrons. The van der Waals surface area contributed by atoms with Gasteiger partial charge in [0.1, 0.15) is 5.69 Å². The van der Waals surface area contributed by atoms with Gasteiger partial charge >= 0.3 is 0 Å². The number of halogens is 1. The number of benzene rings is 1. The summed E-state index contributed by atoms with van der Waals surface area (Å²) in [5, 5.41) is 0. The van der Waals surface area contributed by atoms with E-state index in [4.69, 9.17) is 0 Å². The van der Waals surface area contributed by atoms with Crippen LogP contribution in [0.4, 0.5) is 0 Å². The van der Waals surface area contributed by atoms with Gasteiger partial charge < -0.3 is 9.88 Å². The first-order valence-electron chi connectivity index (χ1n) is 7.54. The highest BCUT2D eigenvalue weighted by molar-refractivity contribution is 9.10. The lowest BCUT2D eigenvalue weighted by Crippen LogP contribution is -2.53. The maximum absolute atomic E-state index is 12.5. The van der Waals surface area contributed by atoms with Crippen LogP contribution < -0.4 is 0 Å². The number of carbonyl (C=O) groups excluding carboxylic acids is 1. The van der Waals surface area contributed by atoms with Gasteiger partial charge in [0, 0.05) is 42.9 Å². The number of hydrogen-bond donors (Lipinski definition) is 1. The Balaban J connectivity index is 1.61. The van der Waals surface area contributed by atoms with Crippen molar-refractivity contribution in [2.75, 3.05) is 19.6 Å². The maximum Gasteiger partial charge on any atom is 0.270 e. The molecule has 22 heavy (non-hydrogen) atoms. The standard InChI is InChI=1S/C17H20BrN3O/c1-13-11-20(12-14-5-3-2-4-6-14)7-8-21(13)17(22)16-9-15(18)10-19-16/h2-6,9-10,13,19H,7-8,11-12H2,1H3/t13-/m1/s1. The van der Waals surface area contributed by atoms with Gasteiger partial charge in [-0.1, -0.05) is 30.3 Å². The summed E-state index contributed by atoms with van der Waals surface area (Å²) in [7, 11) is 0. The molecule has 0 spiro atoms. The molecular weight excluding hydrogens is 342 g/mol. The summed E-state index contributed by atoms with van der Waals surface area (Å²) in [6.45, 7) is 5.65. The molecule has 1 saturated heterocycles. The Bertz CT molecular complexity index is 640. The highest BCUT2D eigenvalue weighted by atomic mass is 79.9. The Kier molecular flexibility index (Phi) is 4.64. The van der Waals surface area contributed by atoms with E-state index in [9.17, 15) is 4.79 Å². The van der Waals surface area contributed by atoms with Gasteiger partial charge in [0.05, 0.1) is 0 Å². The van der Waals surface area contributed by atoms with E-state index in [0.29, 0.717) is 5.69 Å². The zero-order valence-corrected chi connectivity index (χ0v) is 14.2. The van der Waals surface area contributed by atoms with E-state index >= 15 is 0 Å². The molecule has 5 heteroatoms. The third kappa shape index (κ3) is 3.42. The number of hydrogen-bond acceptors (Lipinski definition) is 2. The Hall–Kier alpha value is -1.59. The van der Waals surface area contributed by atoms with Gasteiger partial charge in [0.2, 0.25) is 0 Å². The number of amides is 1. The van der Waals surface area contributed by atoms with Crippen LogP contribution in [-0.4, -0.2) is 46.4 Å². The number of aromatic nitrogens is 1. The number of H-pyrrole nitrogens is 1. The summed E-state index contributed by atoms with van der Waals surface area (Å²) in [6, 6.07) is 12.5. The fourth-order valence-electron chi connectivity index (χ4n) is 2.97. The van der Waals surface area contributed by atoms with E-state index in [1.165, 1.54) is 5.56 Å². The molecule has 1 fully saturated rings. The second-order valence-electron chi connectivity index (χ2n) is 5.80. The molecule has 4 nitrogen and oxygen atoms in total. The number of carbonyl (C=O) groups is 1. The maximum atomic E-state index is 12.5. The molecule has 0 unspecified atom stereocenters. The molecule has 1 aromatic heterocycles. The van der Waals surface area contributed by atoms with Crippen molar-refractivity contribution in [3.63, 3.8) is 0 Å². The predicted octanol–water partition coefficient (Wildman–Crippen LogP) is 3.12. The van der Waals surface area contributed by atoms with Crippen molar-refractivity contribution < 1.29 is 4.79 Å². The van der Waals surface area contributed by atoms with Crippen LogP contribution in [0.1, 0.15) is 23.0 Å². The Morgan fingerprint density at radius 3 is 2.73 bits per heavy atom. The second-order valence-corrected chi connectivity index (χ2v) is 6.72. The average molecular weight is 362 g/mol. The van der Waals surface area contributed by atoms with Gasteiger partial charge in [-0.05, 0) is 34.5 Å². The minimum Gasteiger partial charge on any atom is -0.356 e. The lowest BCUT2D eigenvalue weighted by atomic mass is 10.1. The van der Waals surface area contributed by atoms with Crippen molar-refractivity contribution in [2.45, 2.75) is 19.5 Å². The van der Waals surface area contributed by atoms with E-state index < -0.39 is 0 Å². The molecule has 2 heterocycles. The van der Waals surface area contributed by atoms with Gasteiger partial charge in [-0.15, -0.1) is 0 Å². The SMILES string of the molecule is C[C@@H]1CN(Cc2ccccc2)CCN1C(=O)c1cc(Br)c[nH]1. The third-order valence-corrected chi connectivity index (χ3v) is 4.56.